The summed E-state index contributed by atoms with van der Waals surface area (Å²) in [7, 11) is 0. The average Bonchev–Trinajstić information content (AvgIpc) is 3.30. The fourth-order valence-corrected chi connectivity index (χ4v) is 3.43. The molecule has 30 heavy (non-hydrogen) atoms. The third-order valence-corrected chi connectivity index (χ3v) is 4.95. The van der Waals surface area contributed by atoms with Crippen molar-refractivity contribution in [1.29, 1.82) is 0 Å². The van der Waals surface area contributed by atoms with Crippen molar-refractivity contribution in [3.8, 4) is 5.75 Å². The van der Waals surface area contributed by atoms with Gasteiger partial charge in [-0.15, -0.1) is 0 Å². The monoisotopic (exact) mass is 400 g/mol. The number of esters is 1. The van der Waals surface area contributed by atoms with Gasteiger partial charge in [-0.3, -0.25) is 0 Å². The first-order valence-corrected chi connectivity index (χ1v) is 9.94. The van der Waals surface area contributed by atoms with E-state index in [0.717, 1.165) is 28.1 Å². The Balaban J connectivity index is 1.47. The molecule has 2 heterocycles. The number of hydrogen-bond donors (Lipinski definition) is 0. The summed E-state index contributed by atoms with van der Waals surface area (Å²) in [5, 5.41) is 0. The molecule has 1 aliphatic heterocycles. The summed E-state index contributed by atoms with van der Waals surface area (Å²) in [6.07, 6.45) is 3.71. The maximum absolute atomic E-state index is 12.3. The van der Waals surface area contributed by atoms with Gasteiger partial charge in [0, 0.05) is 17.5 Å². The summed E-state index contributed by atoms with van der Waals surface area (Å²) >= 11 is 0. The number of carbonyl (C=O) groups excluding carboxylic acids is 1. The molecular formula is C25H24N2O3. The Bertz CT molecular complexity index is 1150. The molecule has 0 fully saturated rings. The minimum absolute atomic E-state index is 0.293. The fraction of sp³-hybridized carbons (Fsp3) is 0.200. The van der Waals surface area contributed by atoms with Gasteiger partial charge in [-0.2, -0.15) is 0 Å². The smallest absolute Gasteiger partial charge is 0.363 e. The lowest BCUT2D eigenvalue weighted by molar-refractivity contribution is -0.129. The molecule has 0 amide bonds. The molecule has 5 heteroatoms. The van der Waals surface area contributed by atoms with Crippen LogP contribution >= 0.6 is 0 Å². The quantitative estimate of drug-likeness (QED) is 0.440. The SMILES string of the molecule is Cc1cccc(C2=N/C(=C/c3cccn3CCOc3ccc(C)cc3C)C(=O)O2)c1. The molecule has 0 spiro atoms. The van der Waals surface area contributed by atoms with Crippen molar-refractivity contribution in [1.82, 2.24) is 4.57 Å². The molecule has 4 rings (SSSR count). The largest absolute Gasteiger partial charge is 0.491 e. The molecule has 0 saturated carbocycles. The Morgan fingerprint density at radius 2 is 1.87 bits per heavy atom. The molecule has 0 atom stereocenters. The minimum Gasteiger partial charge on any atom is -0.491 e. The number of nitrogens with zero attached hydrogens (tertiary/aromatic N) is 2. The summed E-state index contributed by atoms with van der Waals surface area (Å²) in [6.45, 7) is 7.28. The lowest BCUT2D eigenvalue weighted by Crippen LogP contribution is -2.09. The standard InChI is InChI=1S/C25H24N2O3/c1-17-6-4-7-20(15-17)24-26-22(25(28)30-24)16-21-8-5-11-27(21)12-13-29-23-10-9-18(2)14-19(23)3/h4-11,14-16H,12-13H2,1-3H3/b22-16+. The third-order valence-electron chi connectivity index (χ3n) is 4.95. The molecule has 0 unspecified atom stereocenters. The summed E-state index contributed by atoms with van der Waals surface area (Å²) in [6, 6.07) is 17.8. The van der Waals surface area contributed by atoms with Crippen LogP contribution in [0.5, 0.6) is 5.75 Å². The molecule has 0 radical (unpaired) electrons. The number of carbonyl (C=O) groups is 1. The zero-order valence-electron chi connectivity index (χ0n) is 17.4. The maximum Gasteiger partial charge on any atom is 0.363 e. The van der Waals surface area contributed by atoms with Gasteiger partial charge < -0.3 is 14.0 Å². The van der Waals surface area contributed by atoms with E-state index in [2.05, 4.69) is 18.0 Å². The second-order valence-electron chi connectivity index (χ2n) is 7.45. The molecule has 5 nitrogen and oxygen atoms in total. The third kappa shape index (κ3) is 4.35. The molecule has 0 saturated heterocycles. The van der Waals surface area contributed by atoms with E-state index in [4.69, 9.17) is 9.47 Å². The van der Waals surface area contributed by atoms with Crippen molar-refractivity contribution < 1.29 is 14.3 Å². The fourth-order valence-electron chi connectivity index (χ4n) is 3.43. The van der Waals surface area contributed by atoms with Gasteiger partial charge in [-0.1, -0.05) is 35.4 Å². The Labute approximate surface area is 176 Å². The molecule has 0 bridgehead atoms. The van der Waals surface area contributed by atoms with E-state index in [1.807, 2.05) is 73.1 Å². The second-order valence-corrected chi connectivity index (χ2v) is 7.45. The van der Waals surface area contributed by atoms with Gasteiger partial charge in [0.15, 0.2) is 5.70 Å². The molecule has 152 valence electrons. The first kappa shape index (κ1) is 19.7. The van der Waals surface area contributed by atoms with Crippen LogP contribution in [0.2, 0.25) is 0 Å². The van der Waals surface area contributed by atoms with Crippen molar-refractivity contribution in [2.24, 2.45) is 4.99 Å². The minimum atomic E-state index is -0.439. The normalized spacial score (nSPS) is 14.7. The molecule has 0 aliphatic carbocycles. The van der Waals surface area contributed by atoms with Gasteiger partial charge in [0.25, 0.3) is 0 Å². The number of ether oxygens (including phenoxy) is 2. The van der Waals surface area contributed by atoms with Crippen LogP contribution in [0.15, 0.2) is 71.5 Å². The van der Waals surface area contributed by atoms with Crippen LogP contribution in [0.4, 0.5) is 0 Å². The van der Waals surface area contributed by atoms with Gasteiger partial charge in [0.1, 0.15) is 12.4 Å². The zero-order valence-corrected chi connectivity index (χ0v) is 17.4. The van der Waals surface area contributed by atoms with E-state index in [1.165, 1.54) is 5.56 Å². The van der Waals surface area contributed by atoms with Crippen LogP contribution < -0.4 is 4.74 Å². The summed E-state index contributed by atoms with van der Waals surface area (Å²) < 4.78 is 13.3. The van der Waals surface area contributed by atoms with Crippen LogP contribution in [0.3, 0.4) is 0 Å². The van der Waals surface area contributed by atoms with Gasteiger partial charge in [-0.05, 0) is 62.7 Å². The predicted octanol–water partition coefficient (Wildman–Crippen LogP) is 4.84. The Morgan fingerprint density at radius 1 is 1.03 bits per heavy atom. The van der Waals surface area contributed by atoms with Gasteiger partial charge in [-0.25, -0.2) is 9.79 Å². The number of cyclic esters (lactones) is 1. The Kier molecular flexibility index (Phi) is 5.53. The number of aryl methyl sites for hydroxylation is 3. The Morgan fingerprint density at radius 3 is 2.67 bits per heavy atom. The highest BCUT2D eigenvalue weighted by atomic mass is 16.6. The number of rotatable bonds is 6. The first-order chi connectivity index (χ1) is 14.5. The second kappa shape index (κ2) is 8.41. The van der Waals surface area contributed by atoms with Crippen LogP contribution in [-0.4, -0.2) is 23.0 Å². The van der Waals surface area contributed by atoms with Crippen molar-refractivity contribution in [2.75, 3.05) is 6.61 Å². The molecule has 3 aromatic rings. The number of benzene rings is 2. The predicted molar refractivity (Wildman–Crippen MR) is 118 cm³/mol. The van der Waals surface area contributed by atoms with Crippen molar-refractivity contribution >= 4 is 17.9 Å². The zero-order chi connectivity index (χ0) is 21.1. The molecule has 0 N–H and O–H groups in total. The highest BCUT2D eigenvalue weighted by Gasteiger charge is 2.24. The van der Waals surface area contributed by atoms with Crippen LogP contribution in [0.25, 0.3) is 6.08 Å². The van der Waals surface area contributed by atoms with E-state index in [-0.39, 0.29) is 0 Å². The van der Waals surface area contributed by atoms with Crippen LogP contribution in [-0.2, 0) is 16.1 Å². The van der Waals surface area contributed by atoms with Gasteiger partial charge in [0.2, 0.25) is 5.90 Å². The Hall–Kier alpha value is -3.60. The average molecular weight is 400 g/mol. The number of hydrogen-bond acceptors (Lipinski definition) is 4. The van der Waals surface area contributed by atoms with E-state index < -0.39 is 5.97 Å². The lowest BCUT2D eigenvalue weighted by Gasteiger charge is -2.11. The van der Waals surface area contributed by atoms with Crippen molar-refractivity contribution in [2.45, 2.75) is 27.3 Å². The van der Waals surface area contributed by atoms with E-state index in [1.54, 1.807) is 6.08 Å². The molecule has 1 aromatic heterocycles. The molecule has 2 aromatic carbocycles. The van der Waals surface area contributed by atoms with Crippen LogP contribution in [0, 0.1) is 20.8 Å². The highest BCUT2D eigenvalue weighted by molar-refractivity contribution is 6.12. The topological polar surface area (TPSA) is 52.8 Å². The van der Waals surface area contributed by atoms with Crippen molar-refractivity contribution in [3.63, 3.8) is 0 Å². The summed E-state index contributed by atoms with van der Waals surface area (Å²) in [5.41, 5.74) is 5.39. The number of aromatic nitrogens is 1. The van der Waals surface area contributed by atoms with E-state index >= 15 is 0 Å². The maximum atomic E-state index is 12.3. The van der Waals surface area contributed by atoms with Crippen molar-refractivity contribution in [3.05, 3.63) is 94.4 Å². The van der Waals surface area contributed by atoms with E-state index in [9.17, 15) is 4.79 Å². The van der Waals surface area contributed by atoms with Crippen LogP contribution in [0.1, 0.15) is 27.9 Å². The van der Waals surface area contributed by atoms with E-state index in [0.29, 0.717) is 24.7 Å². The van der Waals surface area contributed by atoms with Gasteiger partial charge >= 0.3 is 5.97 Å². The first-order valence-electron chi connectivity index (χ1n) is 9.94. The van der Waals surface area contributed by atoms with Gasteiger partial charge in [0.05, 0.1) is 6.54 Å². The summed E-state index contributed by atoms with van der Waals surface area (Å²) in [4.78, 5) is 16.7. The molecule has 1 aliphatic rings. The highest BCUT2D eigenvalue weighted by Crippen LogP contribution is 2.21. The lowest BCUT2D eigenvalue weighted by atomic mass is 10.1. The summed E-state index contributed by atoms with van der Waals surface area (Å²) in [5.74, 6) is 0.788. The molecular weight excluding hydrogens is 376 g/mol. The number of aliphatic imine (C=N–C) groups is 1.